The van der Waals surface area contributed by atoms with Gasteiger partial charge in [-0.25, -0.2) is 14.4 Å². The smallest absolute Gasteiger partial charge is 0.321 e. The first kappa shape index (κ1) is 12.7. The molecule has 1 heterocycles. The SMILES string of the molecule is CNCc1cnc(Oc2ccc(F)cc2Cl)nc1. The first-order chi connectivity index (χ1) is 8.69. The van der Waals surface area contributed by atoms with E-state index in [0.717, 1.165) is 5.56 Å². The van der Waals surface area contributed by atoms with E-state index in [9.17, 15) is 4.39 Å². The predicted octanol–water partition coefficient (Wildman–Crippen LogP) is 2.78. The third kappa shape index (κ3) is 3.15. The summed E-state index contributed by atoms with van der Waals surface area (Å²) in [5.74, 6) is -0.0999. The number of halogens is 2. The highest BCUT2D eigenvalue weighted by Gasteiger charge is 2.06. The lowest BCUT2D eigenvalue weighted by Gasteiger charge is -2.06. The maximum atomic E-state index is 12.8. The van der Waals surface area contributed by atoms with Crippen molar-refractivity contribution in [3.8, 4) is 11.8 Å². The van der Waals surface area contributed by atoms with E-state index in [-0.39, 0.29) is 11.0 Å². The average molecular weight is 268 g/mol. The molecule has 1 aromatic heterocycles. The topological polar surface area (TPSA) is 47.0 Å². The third-order valence-electron chi connectivity index (χ3n) is 2.16. The van der Waals surface area contributed by atoms with Crippen molar-refractivity contribution in [1.82, 2.24) is 15.3 Å². The lowest BCUT2D eigenvalue weighted by molar-refractivity contribution is 0.439. The van der Waals surface area contributed by atoms with Gasteiger partial charge >= 0.3 is 6.01 Å². The molecule has 2 aromatic rings. The molecule has 0 fully saturated rings. The molecule has 0 saturated carbocycles. The molecule has 4 nitrogen and oxygen atoms in total. The van der Waals surface area contributed by atoms with Crippen LogP contribution in [0.5, 0.6) is 11.8 Å². The van der Waals surface area contributed by atoms with Crippen LogP contribution in [-0.4, -0.2) is 17.0 Å². The van der Waals surface area contributed by atoms with Crippen LogP contribution in [0.3, 0.4) is 0 Å². The van der Waals surface area contributed by atoms with Gasteiger partial charge in [0.05, 0.1) is 5.02 Å². The van der Waals surface area contributed by atoms with Crippen molar-refractivity contribution < 1.29 is 9.13 Å². The summed E-state index contributed by atoms with van der Waals surface area (Å²) in [5.41, 5.74) is 0.940. The Hall–Kier alpha value is -1.72. The molecule has 1 N–H and O–H groups in total. The summed E-state index contributed by atoms with van der Waals surface area (Å²) in [5, 5.41) is 3.16. The van der Waals surface area contributed by atoms with Crippen LogP contribution >= 0.6 is 11.6 Å². The third-order valence-corrected chi connectivity index (χ3v) is 2.45. The van der Waals surface area contributed by atoms with Crippen molar-refractivity contribution in [3.05, 3.63) is 47.0 Å². The molecule has 0 aliphatic carbocycles. The van der Waals surface area contributed by atoms with Gasteiger partial charge in [0.15, 0.2) is 0 Å². The van der Waals surface area contributed by atoms with Gasteiger partial charge in [-0.1, -0.05) is 11.6 Å². The van der Waals surface area contributed by atoms with Crippen LogP contribution < -0.4 is 10.1 Å². The van der Waals surface area contributed by atoms with Gasteiger partial charge in [0.25, 0.3) is 0 Å². The van der Waals surface area contributed by atoms with Crippen LogP contribution in [-0.2, 0) is 6.54 Å². The molecule has 94 valence electrons. The van der Waals surface area contributed by atoms with Crippen molar-refractivity contribution in [1.29, 1.82) is 0 Å². The van der Waals surface area contributed by atoms with Crippen LogP contribution in [0.4, 0.5) is 4.39 Å². The van der Waals surface area contributed by atoms with Crippen LogP contribution in [0.25, 0.3) is 0 Å². The number of hydrogen-bond acceptors (Lipinski definition) is 4. The maximum absolute atomic E-state index is 12.8. The molecule has 0 bridgehead atoms. The van der Waals surface area contributed by atoms with E-state index < -0.39 is 5.82 Å². The van der Waals surface area contributed by atoms with E-state index in [1.165, 1.54) is 18.2 Å². The molecule has 0 atom stereocenters. The van der Waals surface area contributed by atoms with Crippen LogP contribution in [0.15, 0.2) is 30.6 Å². The molecule has 1 aromatic carbocycles. The zero-order valence-electron chi connectivity index (χ0n) is 9.65. The van der Waals surface area contributed by atoms with Gasteiger partial charge in [-0.05, 0) is 25.2 Å². The number of rotatable bonds is 4. The van der Waals surface area contributed by atoms with Gasteiger partial charge in [0.1, 0.15) is 11.6 Å². The molecular formula is C12H11ClFN3O. The largest absolute Gasteiger partial charge is 0.423 e. The van der Waals surface area contributed by atoms with Gasteiger partial charge in [-0.3, -0.25) is 0 Å². The highest BCUT2D eigenvalue weighted by molar-refractivity contribution is 6.32. The summed E-state index contributed by atoms with van der Waals surface area (Å²) < 4.78 is 18.2. The second kappa shape index (κ2) is 5.75. The summed E-state index contributed by atoms with van der Waals surface area (Å²) in [6.45, 7) is 0.678. The van der Waals surface area contributed by atoms with Crippen molar-refractivity contribution in [2.45, 2.75) is 6.54 Å². The van der Waals surface area contributed by atoms with Gasteiger partial charge in [-0.15, -0.1) is 0 Å². The number of nitrogens with zero attached hydrogens (tertiary/aromatic N) is 2. The Kier molecular flexibility index (Phi) is 4.07. The van der Waals surface area contributed by atoms with Crippen molar-refractivity contribution >= 4 is 11.6 Å². The Morgan fingerprint density at radius 2 is 2.06 bits per heavy atom. The summed E-state index contributed by atoms with van der Waals surface area (Å²) in [6, 6.07) is 4.04. The molecule has 0 saturated heterocycles. The van der Waals surface area contributed by atoms with E-state index in [2.05, 4.69) is 15.3 Å². The first-order valence-electron chi connectivity index (χ1n) is 5.27. The summed E-state index contributed by atoms with van der Waals surface area (Å²) in [6.07, 6.45) is 3.30. The fraction of sp³-hybridized carbons (Fsp3) is 0.167. The Labute approximate surface area is 109 Å². The second-order valence-electron chi connectivity index (χ2n) is 3.58. The molecule has 0 aliphatic heterocycles. The summed E-state index contributed by atoms with van der Waals surface area (Å²) >= 11 is 5.83. The zero-order chi connectivity index (χ0) is 13.0. The number of benzene rings is 1. The van der Waals surface area contributed by atoms with Crippen LogP contribution in [0.1, 0.15) is 5.56 Å². The highest BCUT2D eigenvalue weighted by atomic mass is 35.5. The zero-order valence-corrected chi connectivity index (χ0v) is 10.4. The number of nitrogens with one attached hydrogen (secondary N) is 1. The number of aromatic nitrogens is 2. The Bertz CT molecular complexity index is 533. The molecule has 0 amide bonds. The van der Waals surface area contributed by atoms with E-state index in [0.29, 0.717) is 12.3 Å². The van der Waals surface area contributed by atoms with Gasteiger partial charge in [0.2, 0.25) is 0 Å². The molecule has 0 aliphatic rings. The molecule has 2 rings (SSSR count). The molecule has 0 unspecified atom stereocenters. The van der Waals surface area contributed by atoms with Crippen molar-refractivity contribution in [2.24, 2.45) is 0 Å². The van der Waals surface area contributed by atoms with E-state index in [1.807, 2.05) is 7.05 Å². The highest BCUT2D eigenvalue weighted by Crippen LogP contribution is 2.27. The minimum atomic E-state index is -0.419. The van der Waals surface area contributed by atoms with Gasteiger partial charge in [0, 0.05) is 24.5 Å². The molecule has 18 heavy (non-hydrogen) atoms. The molecule has 0 spiro atoms. The summed E-state index contributed by atoms with van der Waals surface area (Å²) in [4.78, 5) is 8.06. The van der Waals surface area contributed by atoms with Gasteiger partial charge < -0.3 is 10.1 Å². The molecule has 6 heteroatoms. The van der Waals surface area contributed by atoms with E-state index >= 15 is 0 Å². The van der Waals surface area contributed by atoms with Crippen LogP contribution in [0, 0.1) is 5.82 Å². The van der Waals surface area contributed by atoms with Crippen molar-refractivity contribution in [2.75, 3.05) is 7.05 Å². The minimum Gasteiger partial charge on any atom is -0.423 e. The van der Waals surface area contributed by atoms with E-state index in [1.54, 1.807) is 12.4 Å². The maximum Gasteiger partial charge on any atom is 0.321 e. The number of ether oxygens (including phenoxy) is 1. The fourth-order valence-corrected chi connectivity index (χ4v) is 1.55. The van der Waals surface area contributed by atoms with Crippen molar-refractivity contribution in [3.63, 3.8) is 0 Å². The minimum absolute atomic E-state index is 0.170. The summed E-state index contributed by atoms with van der Waals surface area (Å²) in [7, 11) is 1.84. The lowest BCUT2D eigenvalue weighted by Crippen LogP contribution is -2.06. The van der Waals surface area contributed by atoms with Gasteiger partial charge in [-0.2, -0.15) is 0 Å². The second-order valence-corrected chi connectivity index (χ2v) is 3.99. The predicted molar refractivity (Wildman–Crippen MR) is 66.3 cm³/mol. The Balaban J connectivity index is 2.13. The quantitative estimate of drug-likeness (QED) is 0.925. The first-order valence-corrected chi connectivity index (χ1v) is 5.65. The Morgan fingerprint density at radius 1 is 1.33 bits per heavy atom. The average Bonchev–Trinajstić information content (AvgIpc) is 2.35. The normalized spacial score (nSPS) is 10.4. The molecule has 0 radical (unpaired) electrons. The van der Waals surface area contributed by atoms with E-state index in [4.69, 9.17) is 16.3 Å². The lowest BCUT2D eigenvalue weighted by atomic mass is 10.3. The standard InChI is InChI=1S/C12H11ClFN3O/c1-15-5-8-6-16-12(17-7-8)18-11-3-2-9(14)4-10(11)13/h2-4,6-7,15H,5H2,1H3. The fourth-order valence-electron chi connectivity index (χ4n) is 1.35. The monoisotopic (exact) mass is 267 g/mol. The Morgan fingerprint density at radius 3 is 2.67 bits per heavy atom. The molecular weight excluding hydrogens is 257 g/mol. The number of hydrogen-bond donors (Lipinski definition) is 1. The van der Waals surface area contributed by atoms with Crippen LogP contribution in [0.2, 0.25) is 5.02 Å².